The fraction of sp³-hybridized carbons (Fsp3) is 0.643. The third-order valence-corrected chi connectivity index (χ3v) is 4.01. The summed E-state index contributed by atoms with van der Waals surface area (Å²) in [4.78, 5) is 14.1. The highest BCUT2D eigenvalue weighted by Crippen LogP contribution is 2.34. The maximum absolute atomic E-state index is 11.7. The van der Waals surface area contributed by atoms with Gasteiger partial charge in [-0.3, -0.25) is 4.79 Å². The number of hydrogen-bond acceptors (Lipinski definition) is 2. The average Bonchev–Trinajstić information content (AvgIpc) is 3.15. The zero-order valence-electron chi connectivity index (χ0n) is 10.4. The second-order valence-electron chi connectivity index (χ2n) is 5.53. The van der Waals surface area contributed by atoms with Gasteiger partial charge in [-0.2, -0.15) is 0 Å². The Bertz CT molecular complexity index is 454. The van der Waals surface area contributed by atoms with E-state index in [-0.39, 0.29) is 5.56 Å². The molecule has 1 aromatic heterocycles. The van der Waals surface area contributed by atoms with Gasteiger partial charge in [0.1, 0.15) is 0 Å². The quantitative estimate of drug-likeness (QED) is 0.782. The minimum atomic E-state index is 0.154. The van der Waals surface area contributed by atoms with Gasteiger partial charge in [0.15, 0.2) is 0 Å². The van der Waals surface area contributed by atoms with E-state index in [1.807, 2.05) is 10.6 Å². The van der Waals surface area contributed by atoms with Crippen molar-refractivity contribution < 1.29 is 0 Å². The van der Waals surface area contributed by atoms with E-state index < -0.39 is 0 Å². The fourth-order valence-electron chi connectivity index (χ4n) is 2.58. The summed E-state index contributed by atoms with van der Waals surface area (Å²) in [5.41, 5.74) is 1.38. The second kappa shape index (κ2) is 4.21. The van der Waals surface area contributed by atoms with Crippen molar-refractivity contribution in [3.8, 4) is 0 Å². The Morgan fingerprint density at radius 2 is 1.82 bits per heavy atom. The van der Waals surface area contributed by atoms with Crippen LogP contribution in [0.3, 0.4) is 0 Å². The molecule has 3 nitrogen and oxygen atoms in total. The number of piperidine rings is 1. The van der Waals surface area contributed by atoms with Crippen LogP contribution in [0.2, 0.25) is 0 Å². The van der Waals surface area contributed by atoms with Crippen molar-refractivity contribution in [2.24, 2.45) is 5.92 Å². The molecule has 0 atom stereocenters. The van der Waals surface area contributed by atoms with E-state index in [9.17, 15) is 4.79 Å². The number of hydrogen-bond donors (Lipinski definition) is 0. The number of rotatable bonds is 2. The molecule has 0 N–H and O–H groups in total. The topological polar surface area (TPSA) is 25.2 Å². The first kappa shape index (κ1) is 10.9. The molecule has 2 heterocycles. The van der Waals surface area contributed by atoms with Crippen molar-refractivity contribution >= 4 is 5.69 Å². The second-order valence-corrected chi connectivity index (χ2v) is 5.53. The zero-order valence-corrected chi connectivity index (χ0v) is 10.4. The molecule has 1 saturated heterocycles. The van der Waals surface area contributed by atoms with E-state index in [0.29, 0.717) is 6.04 Å². The molecule has 0 aromatic carbocycles. The fourth-order valence-corrected chi connectivity index (χ4v) is 2.58. The summed E-state index contributed by atoms with van der Waals surface area (Å²) in [6.07, 6.45) is 6.93. The number of aromatic nitrogens is 1. The lowest BCUT2D eigenvalue weighted by Crippen LogP contribution is -2.33. The van der Waals surface area contributed by atoms with Crippen LogP contribution in [-0.4, -0.2) is 17.7 Å². The maximum atomic E-state index is 11.7. The lowest BCUT2D eigenvalue weighted by atomic mass is 9.99. The Kier molecular flexibility index (Phi) is 2.69. The van der Waals surface area contributed by atoms with E-state index in [1.165, 1.54) is 31.4 Å². The summed E-state index contributed by atoms with van der Waals surface area (Å²) in [5, 5.41) is 0. The van der Waals surface area contributed by atoms with Gasteiger partial charge >= 0.3 is 0 Å². The zero-order chi connectivity index (χ0) is 11.8. The minimum Gasteiger partial charge on any atom is -0.370 e. The predicted octanol–water partition coefficient (Wildman–Crippen LogP) is 2.42. The molecule has 3 rings (SSSR count). The lowest BCUT2D eigenvalue weighted by molar-refractivity contribution is 0.437. The highest BCUT2D eigenvalue weighted by atomic mass is 16.1. The molecular formula is C14H20N2O. The SMILES string of the molecule is CC1CCN(c2ccc(=O)n(C3CC3)c2)CC1. The van der Waals surface area contributed by atoms with Crippen LogP contribution >= 0.6 is 0 Å². The molecular weight excluding hydrogens is 212 g/mol. The van der Waals surface area contributed by atoms with E-state index >= 15 is 0 Å². The van der Waals surface area contributed by atoms with Crippen LogP contribution in [-0.2, 0) is 0 Å². The van der Waals surface area contributed by atoms with Crippen LogP contribution in [0.15, 0.2) is 23.1 Å². The van der Waals surface area contributed by atoms with Crippen molar-refractivity contribution in [3.63, 3.8) is 0 Å². The van der Waals surface area contributed by atoms with Crippen molar-refractivity contribution in [2.75, 3.05) is 18.0 Å². The summed E-state index contributed by atoms with van der Waals surface area (Å²) in [7, 11) is 0. The molecule has 1 saturated carbocycles. The number of pyridine rings is 1. The Labute approximate surface area is 102 Å². The predicted molar refractivity (Wildman–Crippen MR) is 69.6 cm³/mol. The first-order valence-electron chi connectivity index (χ1n) is 6.71. The average molecular weight is 232 g/mol. The summed E-state index contributed by atoms with van der Waals surface area (Å²) >= 11 is 0. The van der Waals surface area contributed by atoms with Gasteiger partial charge in [0.05, 0.1) is 5.69 Å². The third kappa shape index (κ3) is 2.24. The van der Waals surface area contributed by atoms with Crippen LogP contribution < -0.4 is 10.5 Å². The molecule has 17 heavy (non-hydrogen) atoms. The van der Waals surface area contributed by atoms with Gasteiger partial charge < -0.3 is 9.47 Å². The van der Waals surface area contributed by atoms with Crippen molar-refractivity contribution in [1.82, 2.24) is 4.57 Å². The molecule has 2 aliphatic rings. The van der Waals surface area contributed by atoms with Crippen LogP contribution in [0.25, 0.3) is 0 Å². The lowest BCUT2D eigenvalue weighted by Gasteiger charge is -2.32. The molecule has 0 amide bonds. The normalized spacial score (nSPS) is 21.8. The first-order valence-corrected chi connectivity index (χ1v) is 6.71. The largest absolute Gasteiger partial charge is 0.370 e. The maximum Gasteiger partial charge on any atom is 0.250 e. The molecule has 1 aromatic rings. The van der Waals surface area contributed by atoms with E-state index in [0.717, 1.165) is 19.0 Å². The van der Waals surface area contributed by atoms with Gasteiger partial charge in [0.2, 0.25) is 0 Å². The van der Waals surface area contributed by atoms with Gasteiger partial charge in [0, 0.05) is 31.4 Å². The Morgan fingerprint density at radius 3 is 2.47 bits per heavy atom. The number of anilines is 1. The molecule has 0 unspecified atom stereocenters. The van der Waals surface area contributed by atoms with Gasteiger partial charge in [-0.25, -0.2) is 0 Å². The standard InChI is InChI=1S/C14H20N2O/c1-11-6-8-15(9-7-11)13-4-5-14(17)16(10-13)12-2-3-12/h4-5,10-12H,2-3,6-9H2,1H3. The molecule has 1 aliphatic carbocycles. The van der Waals surface area contributed by atoms with Gasteiger partial charge in [-0.15, -0.1) is 0 Å². The van der Waals surface area contributed by atoms with Gasteiger partial charge in [0.25, 0.3) is 5.56 Å². The molecule has 1 aliphatic heterocycles. The first-order chi connectivity index (χ1) is 8.24. The molecule has 0 radical (unpaired) electrons. The summed E-state index contributed by atoms with van der Waals surface area (Å²) in [6, 6.07) is 4.19. The summed E-state index contributed by atoms with van der Waals surface area (Å²) in [6.45, 7) is 4.58. The molecule has 92 valence electrons. The van der Waals surface area contributed by atoms with E-state index in [4.69, 9.17) is 0 Å². The molecule has 3 heteroatoms. The summed E-state index contributed by atoms with van der Waals surface area (Å²) in [5.74, 6) is 0.848. The molecule has 0 bridgehead atoms. The van der Waals surface area contributed by atoms with Crippen LogP contribution in [0, 0.1) is 5.92 Å². The minimum absolute atomic E-state index is 0.154. The van der Waals surface area contributed by atoms with Crippen LogP contribution in [0.4, 0.5) is 5.69 Å². The third-order valence-electron chi connectivity index (χ3n) is 4.01. The van der Waals surface area contributed by atoms with Crippen molar-refractivity contribution in [3.05, 3.63) is 28.7 Å². The highest BCUT2D eigenvalue weighted by molar-refractivity contribution is 5.44. The highest BCUT2D eigenvalue weighted by Gasteiger charge is 2.25. The van der Waals surface area contributed by atoms with Crippen LogP contribution in [0.1, 0.15) is 38.6 Å². The van der Waals surface area contributed by atoms with E-state index in [1.54, 1.807) is 6.07 Å². The van der Waals surface area contributed by atoms with Gasteiger partial charge in [-0.1, -0.05) is 6.92 Å². The summed E-state index contributed by atoms with van der Waals surface area (Å²) < 4.78 is 1.92. The van der Waals surface area contributed by atoms with Gasteiger partial charge in [-0.05, 0) is 37.7 Å². The number of nitrogens with zero attached hydrogens (tertiary/aromatic N) is 2. The van der Waals surface area contributed by atoms with E-state index in [2.05, 4.69) is 18.0 Å². The molecule has 2 fully saturated rings. The smallest absolute Gasteiger partial charge is 0.250 e. The van der Waals surface area contributed by atoms with Crippen LogP contribution in [0.5, 0.6) is 0 Å². The Balaban J connectivity index is 1.83. The monoisotopic (exact) mass is 232 g/mol. The molecule has 0 spiro atoms. The van der Waals surface area contributed by atoms with Crippen molar-refractivity contribution in [2.45, 2.75) is 38.6 Å². The van der Waals surface area contributed by atoms with Crippen molar-refractivity contribution in [1.29, 1.82) is 0 Å². The Morgan fingerprint density at radius 1 is 1.12 bits per heavy atom. The Hall–Kier alpha value is -1.25.